The Kier molecular flexibility index (Phi) is 6.45. The van der Waals surface area contributed by atoms with E-state index in [9.17, 15) is 4.79 Å². The van der Waals surface area contributed by atoms with Crippen LogP contribution in [0.25, 0.3) is 0 Å². The molecule has 0 aliphatic heterocycles. The Balaban J connectivity index is 2.28. The average Bonchev–Trinajstić information content (AvgIpc) is 2.23. The molecule has 0 spiro atoms. The van der Waals surface area contributed by atoms with Crippen LogP contribution in [0.4, 0.5) is 0 Å². The maximum absolute atomic E-state index is 10.9. The van der Waals surface area contributed by atoms with Crippen LogP contribution in [0, 0.1) is 0 Å². The lowest BCUT2D eigenvalue weighted by atomic mass is 10.1. The lowest BCUT2D eigenvalue weighted by Gasteiger charge is -2.16. The fourth-order valence-corrected chi connectivity index (χ4v) is 2.30. The molecule has 2 nitrogen and oxygen atoms in total. The quantitative estimate of drug-likeness (QED) is 0.617. The minimum absolute atomic E-state index is 0.116. The molecule has 0 N–H and O–H groups in total. The third kappa shape index (κ3) is 6.53. The minimum Gasteiger partial charge on any atom is -0.463 e. The Hall–Kier alpha value is -0.530. The van der Waals surface area contributed by atoms with Crippen molar-refractivity contribution in [3.05, 3.63) is 0 Å². The molecule has 0 unspecified atom stereocenters. The van der Waals surface area contributed by atoms with E-state index < -0.39 is 0 Å². The van der Waals surface area contributed by atoms with Gasteiger partial charge in [0, 0.05) is 6.92 Å². The predicted octanol–water partition coefficient (Wildman–Crippen LogP) is 3.83. The highest BCUT2D eigenvalue weighted by Crippen LogP contribution is 2.18. The molecule has 0 bridgehead atoms. The fraction of sp³-hybridized carbons (Fsp3) is 0.923. The molecule has 1 aliphatic rings. The molecule has 1 fully saturated rings. The highest BCUT2D eigenvalue weighted by molar-refractivity contribution is 5.66. The standard InChI is InChI=1S/C13H24O2/c1-12(14)15-13-10-8-6-4-2-3-5-7-9-11-13/h13H,2-11H2,1H3. The Bertz CT molecular complexity index is 165. The van der Waals surface area contributed by atoms with Crippen LogP contribution in [0.2, 0.25) is 0 Å². The molecule has 1 aliphatic carbocycles. The van der Waals surface area contributed by atoms with Crippen molar-refractivity contribution in [3.8, 4) is 0 Å². The molecule has 15 heavy (non-hydrogen) atoms. The van der Waals surface area contributed by atoms with Gasteiger partial charge in [-0.1, -0.05) is 38.5 Å². The van der Waals surface area contributed by atoms with Gasteiger partial charge in [-0.2, -0.15) is 0 Å². The number of hydrogen-bond donors (Lipinski definition) is 0. The second-order valence-electron chi connectivity index (χ2n) is 4.64. The Morgan fingerprint density at radius 3 is 1.67 bits per heavy atom. The van der Waals surface area contributed by atoms with Gasteiger partial charge >= 0.3 is 5.97 Å². The number of carbonyl (C=O) groups excluding carboxylic acids is 1. The molecule has 0 heterocycles. The van der Waals surface area contributed by atoms with Crippen molar-refractivity contribution in [3.63, 3.8) is 0 Å². The maximum Gasteiger partial charge on any atom is 0.302 e. The van der Waals surface area contributed by atoms with Crippen LogP contribution in [-0.2, 0) is 9.53 Å². The first-order valence-electron chi connectivity index (χ1n) is 6.46. The SMILES string of the molecule is CC(=O)OC1CCCCCCCCCC1. The summed E-state index contributed by atoms with van der Waals surface area (Å²) in [5.41, 5.74) is 0. The zero-order valence-electron chi connectivity index (χ0n) is 9.96. The van der Waals surface area contributed by atoms with Gasteiger partial charge in [0.1, 0.15) is 6.10 Å². The third-order valence-corrected chi connectivity index (χ3v) is 3.13. The van der Waals surface area contributed by atoms with Gasteiger partial charge in [-0.15, -0.1) is 0 Å². The molecule has 0 atom stereocenters. The summed E-state index contributed by atoms with van der Waals surface area (Å²) >= 11 is 0. The lowest BCUT2D eigenvalue weighted by molar-refractivity contribution is -0.147. The summed E-state index contributed by atoms with van der Waals surface area (Å²) in [5.74, 6) is -0.116. The largest absolute Gasteiger partial charge is 0.463 e. The summed E-state index contributed by atoms with van der Waals surface area (Å²) < 4.78 is 5.32. The first-order valence-corrected chi connectivity index (χ1v) is 6.46. The molecule has 1 rings (SSSR count). The minimum atomic E-state index is -0.116. The number of carbonyl (C=O) groups is 1. The molecular formula is C13H24O2. The predicted molar refractivity (Wildman–Crippen MR) is 61.7 cm³/mol. The van der Waals surface area contributed by atoms with Gasteiger partial charge in [0.2, 0.25) is 0 Å². The van der Waals surface area contributed by atoms with E-state index in [1.165, 1.54) is 58.3 Å². The topological polar surface area (TPSA) is 26.3 Å². The van der Waals surface area contributed by atoms with Crippen LogP contribution >= 0.6 is 0 Å². The molecule has 0 saturated heterocycles. The smallest absolute Gasteiger partial charge is 0.302 e. The van der Waals surface area contributed by atoms with Gasteiger partial charge in [-0.05, 0) is 25.7 Å². The van der Waals surface area contributed by atoms with Gasteiger partial charge < -0.3 is 4.74 Å². The Morgan fingerprint density at radius 2 is 1.27 bits per heavy atom. The summed E-state index contributed by atoms with van der Waals surface area (Å²) in [4.78, 5) is 10.9. The summed E-state index contributed by atoms with van der Waals surface area (Å²) in [6, 6.07) is 0. The van der Waals surface area contributed by atoms with Crippen molar-refractivity contribution in [2.75, 3.05) is 0 Å². The number of esters is 1. The summed E-state index contributed by atoms with van der Waals surface area (Å²) in [6.45, 7) is 1.52. The van der Waals surface area contributed by atoms with E-state index in [1.807, 2.05) is 0 Å². The van der Waals surface area contributed by atoms with E-state index in [4.69, 9.17) is 4.74 Å². The molecule has 0 amide bonds. The third-order valence-electron chi connectivity index (χ3n) is 3.13. The molecule has 2 heteroatoms. The molecular weight excluding hydrogens is 188 g/mol. The monoisotopic (exact) mass is 212 g/mol. The highest BCUT2D eigenvalue weighted by Gasteiger charge is 2.11. The van der Waals surface area contributed by atoms with Crippen LogP contribution in [0.3, 0.4) is 0 Å². The number of rotatable bonds is 1. The summed E-state index contributed by atoms with van der Waals surface area (Å²) in [7, 11) is 0. The van der Waals surface area contributed by atoms with Crippen LogP contribution in [0.1, 0.15) is 71.1 Å². The fourth-order valence-electron chi connectivity index (χ4n) is 2.30. The van der Waals surface area contributed by atoms with E-state index in [0.717, 1.165) is 12.8 Å². The van der Waals surface area contributed by atoms with Crippen LogP contribution in [0.5, 0.6) is 0 Å². The normalized spacial score (nSPS) is 21.7. The average molecular weight is 212 g/mol. The van der Waals surface area contributed by atoms with Crippen molar-refractivity contribution in [2.45, 2.75) is 77.2 Å². The zero-order valence-corrected chi connectivity index (χ0v) is 9.96. The Morgan fingerprint density at radius 1 is 0.867 bits per heavy atom. The molecule has 0 aromatic carbocycles. The van der Waals surface area contributed by atoms with Crippen molar-refractivity contribution in [1.82, 2.24) is 0 Å². The van der Waals surface area contributed by atoms with E-state index in [2.05, 4.69) is 0 Å². The molecule has 0 radical (unpaired) electrons. The van der Waals surface area contributed by atoms with E-state index >= 15 is 0 Å². The second kappa shape index (κ2) is 7.72. The van der Waals surface area contributed by atoms with E-state index in [1.54, 1.807) is 0 Å². The molecule has 1 saturated carbocycles. The molecule has 0 aromatic rings. The van der Waals surface area contributed by atoms with Gasteiger partial charge in [0.05, 0.1) is 0 Å². The van der Waals surface area contributed by atoms with E-state index in [0.29, 0.717) is 0 Å². The van der Waals surface area contributed by atoms with Crippen LogP contribution < -0.4 is 0 Å². The molecule has 0 aromatic heterocycles. The summed E-state index contributed by atoms with van der Waals surface area (Å²) in [6.07, 6.45) is 12.9. The number of hydrogen-bond acceptors (Lipinski definition) is 2. The number of ether oxygens (including phenoxy) is 1. The maximum atomic E-state index is 10.9. The lowest BCUT2D eigenvalue weighted by Crippen LogP contribution is -2.16. The van der Waals surface area contributed by atoms with E-state index in [-0.39, 0.29) is 12.1 Å². The Labute approximate surface area is 93.4 Å². The van der Waals surface area contributed by atoms with Crippen molar-refractivity contribution in [2.24, 2.45) is 0 Å². The zero-order chi connectivity index (χ0) is 10.9. The van der Waals surface area contributed by atoms with Crippen LogP contribution in [-0.4, -0.2) is 12.1 Å². The van der Waals surface area contributed by atoms with Crippen molar-refractivity contribution in [1.29, 1.82) is 0 Å². The first-order chi connectivity index (χ1) is 7.29. The van der Waals surface area contributed by atoms with Crippen molar-refractivity contribution >= 4 is 5.97 Å². The van der Waals surface area contributed by atoms with Crippen LogP contribution in [0.15, 0.2) is 0 Å². The first kappa shape index (κ1) is 12.5. The van der Waals surface area contributed by atoms with Gasteiger partial charge in [0.15, 0.2) is 0 Å². The highest BCUT2D eigenvalue weighted by atomic mass is 16.5. The van der Waals surface area contributed by atoms with Crippen molar-refractivity contribution < 1.29 is 9.53 Å². The summed E-state index contributed by atoms with van der Waals surface area (Å²) in [5, 5.41) is 0. The van der Waals surface area contributed by atoms with Gasteiger partial charge in [-0.25, -0.2) is 0 Å². The van der Waals surface area contributed by atoms with Gasteiger partial charge in [0.25, 0.3) is 0 Å². The molecule has 88 valence electrons. The second-order valence-corrected chi connectivity index (χ2v) is 4.64. The van der Waals surface area contributed by atoms with Gasteiger partial charge in [-0.3, -0.25) is 4.79 Å².